The number of rotatable bonds is 6. The van der Waals surface area contributed by atoms with Crippen molar-refractivity contribution in [1.29, 1.82) is 0 Å². The second-order valence-electron chi connectivity index (χ2n) is 5.52. The van der Waals surface area contributed by atoms with Gasteiger partial charge in [0.15, 0.2) is 0 Å². The number of aliphatic hydroxyl groups is 1. The first-order valence-electron chi connectivity index (χ1n) is 6.81. The standard InChI is InChI=1S/C15H23ClN2O3/c1-10(2)15(3,20)9-17-14(19)18-13-7-5-6-12(16)11(13)8-21-4/h5-7,10,20H,8-9H2,1-4H3,(H2,17,18,19). The number of ether oxygens (including phenoxy) is 1. The lowest BCUT2D eigenvalue weighted by molar-refractivity contribution is 0.0170. The second-order valence-corrected chi connectivity index (χ2v) is 5.93. The third-order valence-corrected chi connectivity index (χ3v) is 3.86. The molecule has 0 saturated carbocycles. The number of nitrogens with one attached hydrogen (secondary N) is 2. The van der Waals surface area contributed by atoms with Gasteiger partial charge in [0, 0.05) is 29.9 Å². The van der Waals surface area contributed by atoms with Gasteiger partial charge in [0.1, 0.15) is 0 Å². The number of amides is 2. The normalized spacial score (nSPS) is 13.9. The summed E-state index contributed by atoms with van der Waals surface area (Å²) in [5.41, 5.74) is 0.347. The summed E-state index contributed by atoms with van der Waals surface area (Å²) in [5, 5.41) is 16.0. The van der Waals surface area contributed by atoms with Crippen molar-refractivity contribution >= 4 is 23.3 Å². The third kappa shape index (κ3) is 5.19. The molecule has 0 aliphatic carbocycles. The largest absolute Gasteiger partial charge is 0.388 e. The summed E-state index contributed by atoms with van der Waals surface area (Å²) in [7, 11) is 1.56. The summed E-state index contributed by atoms with van der Waals surface area (Å²) in [5.74, 6) is 0.0352. The first kappa shape index (κ1) is 17.8. The maximum Gasteiger partial charge on any atom is 0.319 e. The van der Waals surface area contributed by atoms with Crippen molar-refractivity contribution in [2.75, 3.05) is 19.0 Å². The molecule has 1 unspecified atom stereocenters. The molecule has 0 aliphatic heterocycles. The molecule has 5 nitrogen and oxygen atoms in total. The van der Waals surface area contributed by atoms with Crippen molar-refractivity contribution in [2.24, 2.45) is 5.92 Å². The molecule has 0 fully saturated rings. The smallest absolute Gasteiger partial charge is 0.319 e. The molecule has 0 bridgehead atoms. The zero-order valence-corrected chi connectivity index (χ0v) is 13.6. The van der Waals surface area contributed by atoms with Crippen molar-refractivity contribution in [2.45, 2.75) is 33.0 Å². The van der Waals surface area contributed by atoms with E-state index >= 15 is 0 Å². The quantitative estimate of drug-likeness (QED) is 0.756. The second kappa shape index (κ2) is 7.64. The Balaban J connectivity index is 2.69. The Labute approximate surface area is 130 Å². The molecule has 1 aromatic carbocycles. The van der Waals surface area contributed by atoms with Gasteiger partial charge in [-0.15, -0.1) is 0 Å². The molecule has 0 aromatic heterocycles. The van der Waals surface area contributed by atoms with Gasteiger partial charge in [-0.1, -0.05) is 31.5 Å². The molecular weight excluding hydrogens is 292 g/mol. The predicted octanol–water partition coefficient (Wildman–Crippen LogP) is 3.01. The van der Waals surface area contributed by atoms with Gasteiger partial charge in [0.25, 0.3) is 0 Å². The summed E-state index contributed by atoms with van der Waals surface area (Å²) in [4.78, 5) is 11.9. The van der Waals surface area contributed by atoms with Crippen LogP contribution in [0.15, 0.2) is 18.2 Å². The van der Waals surface area contributed by atoms with Gasteiger partial charge in [0.2, 0.25) is 0 Å². The van der Waals surface area contributed by atoms with Crippen LogP contribution in [0.4, 0.5) is 10.5 Å². The minimum absolute atomic E-state index is 0.0352. The molecule has 0 heterocycles. The van der Waals surface area contributed by atoms with Crippen molar-refractivity contribution in [1.82, 2.24) is 5.32 Å². The highest BCUT2D eigenvalue weighted by Crippen LogP contribution is 2.25. The van der Waals surface area contributed by atoms with E-state index in [1.165, 1.54) is 0 Å². The van der Waals surface area contributed by atoms with Gasteiger partial charge in [0.05, 0.1) is 12.2 Å². The Hall–Kier alpha value is -1.30. The molecular formula is C15H23ClN2O3. The molecule has 0 saturated heterocycles. The van der Waals surface area contributed by atoms with Gasteiger partial charge in [-0.2, -0.15) is 0 Å². The average Bonchev–Trinajstić information content (AvgIpc) is 2.40. The first-order chi connectivity index (χ1) is 9.77. The Morgan fingerprint density at radius 2 is 2.14 bits per heavy atom. The van der Waals surface area contributed by atoms with E-state index in [9.17, 15) is 9.90 Å². The van der Waals surface area contributed by atoms with E-state index in [-0.39, 0.29) is 12.5 Å². The van der Waals surface area contributed by atoms with Gasteiger partial charge >= 0.3 is 6.03 Å². The lowest BCUT2D eigenvalue weighted by atomic mass is 9.93. The maximum atomic E-state index is 11.9. The summed E-state index contributed by atoms with van der Waals surface area (Å²) in [6, 6.07) is 4.85. The fourth-order valence-electron chi connectivity index (χ4n) is 1.60. The van der Waals surface area contributed by atoms with Crippen LogP contribution in [0.5, 0.6) is 0 Å². The number of hydrogen-bond donors (Lipinski definition) is 3. The van der Waals surface area contributed by atoms with Crippen LogP contribution in [-0.4, -0.2) is 30.4 Å². The molecule has 0 aliphatic rings. The average molecular weight is 315 g/mol. The molecule has 6 heteroatoms. The number of anilines is 1. The van der Waals surface area contributed by atoms with E-state index in [1.54, 1.807) is 32.2 Å². The number of methoxy groups -OCH3 is 1. The van der Waals surface area contributed by atoms with Crippen LogP contribution in [0, 0.1) is 5.92 Å². The van der Waals surface area contributed by atoms with Crippen molar-refractivity contribution in [3.05, 3.63) is 28.8 Å². The van der Waals surface area contributed by atoms with E-state index in [4.69, 9.17) is 16.3 Å². The van der Waals surface area contributed by atoms with Crippen LogP contribution in [-0.2, 0) is 11.3 Å². The number of carbonyl (C=O) groups is 1. The molecule has 0 spiro atoms. The van der Waals surface area contributed by atoms with Gasteiger partial charge in [-0.25, -0.2) is 4.79 Å². The Morgan fingerprint density at radius 1 is 1.48 bits per heavy atom. The zero-order valence-electron chi connectivity index (χ0n) is 12.9. The van der Waals surface area contributed by atoms with Crippen LogP contribution in [0.2, 0.25) is 5.02 Å². The van der Waals surface area contributed by atoms with E-state index in [0.29, 0.717) is 22.9 Å². The number of benzene rings is 1. The minimum atomic E-state index is -0.957. The van der Waals surface area contributed by atoms with Crippen LogP contribution < -0.4 is 10.6 Å². The van der Waals surface area contributed by atoms with Gasteiger partial charge in [-0.3, -0.25) is 0 Å². The molecule has 1 atom stereocenters. The molecule has 1 rings (SSSR count). The fraction of sp³-hybridized carbons (Fsp3) is 0.533. The number of halogens is 1. The molecule has 1 aromatic rings. The molecule has 3 N–H and O–H groups in total. The van der Waals surface area contributed by atoms with E-state index in [0.717, 1.165) is 0 Å². The summed E-state index contributed by atoms with van der Waals surface area (Å²) < 4.78 is 5.08. The molecule has 2 amide bonds. The Morgan fingerprint density at radius 3 is 2.71 bits per heavy atom. The Kier molecular flexibility index (Phi) is 6.45. The summed E-state index contributed by atoms with van der Waals surface area (Å²) >= 11 is 6.09. The van der Waals surface area contributed by atoms with Gasteiger partial charge in [-0.05, 0) is 25.0 Å². The number of hydrogen-bond acceptors (Lipinski definition) is 3. The van der Waals surface area contributed by atoms with Crippen LogP contribution in [0.1, 0.15) is 26.3 Å². The maximum absolute atomic E-state index is 11.9. The van der Waals surface area contributed by atoms with Crippen molar-refractivity contribution in [3.63, 3.8) is 0 Å². The topological polar surface area (TPSA) is 70.6 Å². The molecule has 0 radical (unpaired) electrons. The highest BCUT2D eigenvalue weighted by Gasteiger charge is 2.25. The van der Waals surface area contributed by atoms with Crippen LogP contribution >= 0.6 is 11.6 Å². The van der Waals surface area contributed by atoms with E-state index < -0.39 is 11.6 Å². The van der Waals surface area contributed by atoms with E-state index in [2.05, 4.69) is 10.6 Å². The highest BCUT2D eigenvalue weighted by molar-refractivity contribution is 6.31. The number of urea groups is 1. The predicted molar refractivity (Wildman–Crippen MR) is 84.6 cm³/mol. The molecule has 21 heavy (non-hydrogen) atoms. The molecule has 118 valence electrons. The van der Waals surface area contributed by atoms with Crippen molar-refractivity contribution in [3.8, 4) is 0 Å². The van der Waals surface area contributed by atoms with E-state index in [1.807, 2.05) is 13.8 Å². The first-order valence-corrected chi connectivity index (χ1v) is 7.19. The third-order valence-electron chi connectivity index (χ3n) is 3.51. The van der Waals surface area contributed by atoms with Crippen molar-refractivity contribution < 1.29 is 14.6 Å². The Bertz CT molecular complexity index is 490. The monoisotopic (exact) mass is 314 g/mol. The van der Waals surface area contributed by atoms with Gasteiger partial charge < -0.3 is 20.5 Å². The van der Waals surface area contributed by atoms with Crippen LogP contribution in [0.3, 0.4) is 0 Å². The lowest BCUT2D eigenvalue weighted by Gasteiger charge is -2.27. The number of carbonyl (C=O) groups excluding carboxylic acids is 1. The minimum Gasteiger partial charge on any atom is -0.388 e. The summed E-state index contributed by atoms with van der Waals surface area (Å²) in [6.07, 6.45) is 0. The fourth-order valence-corrected chi connectivity index (χ4v) is 1.83. The summed E-state index contributed by atoms with van der Waals surface area (Å²) in [6.45, 7) is 5.95. The zero-order chi connectivity index (χ0) is 16.0. The lowest BCUT2D eigenvalue weighted by Crippen LogP contribution is -2.45. The SMILES string of the molecule is COCc1c(Cl)cccc1NC(=O)NCC(C)(O)C(C)C. The highest BCUT2D eigenvalue weighted by atomic mass is 35.5. The van der Waals surface area contributed by atoms with Crippen LogP contribution in [0.25, 0.3) is 0 Å².